The highest BCUT2D eigenvalue weighted by Crippen LogP contribution is 2.15. The van der Waals surface area contributed by atoms with E-state index in [9.17, 15) is 8.42 Å². The molecule has 14 heavy (non-hydrogen) atoms. The van der Waals surface area contributed by atoms with Crippen LogP contribution >= 0.6 is 11.6 Å². The summed E-state index contributed by atoms with van der Waals surface area (Å²) in [6, 6.07) is 0. The molecule has 0 aromatic heterocycles. The van der Waals surface area contributed by atoms with Crippen LogP contribution in [0.2, 0.25) is 0 Å². The standard InChI is InChI=1S/C9H18ClNO2S/c1-8(10)7-11-5-6-14(12,13)9(2,3)4/h11H,1,5-7H2,2-4H3. The van der Waals surface area contributed by atoms with Crippen molar-refractivity contribution in [3.05, 3.63) is 11.6 Å². The summed E-state index contributed by atoms with van der Waals surface area (Å²) in [4.78, 5) is 0. The SMILES string of the molecule is C=C(Cl)CNCCS(=O)(=O)C(C)(C)C. The van der Waals surface area contributed by atoms with E-state index >= 15 is 0 Å². The minimum atomic E-state index is -3.03. The first-order valence-corrected chi connectivity index (χ1v) is 6.46. The number of halogens is 1. The quantitative estimate of drug-likeness (QED) is 0.741. The van der Waals surface area contributed by atoms with Crippen molar-refractivity contribution in [2.75, 3.05) is 18.8 Å². The Balaban J connectivity index is 3.97. The summed E-state index contributed by atoms with van der Waals surface area (Å²) in [7, 11) is -3.03. The molecular weight excluding hydrogens is 222 g/mol. The molecule has 0 radical (unpaired) electrons. The molecular formula is C9H18ClNO2S. The van der Waals surface area contributed by atoms with Crippen LogP contribution in [-0.4, -0.2) is 32.0 Å². The van der Waals surface area contributed by atoms with E-state index in [1.54, 1.807) is 20.8 Å². The molecule has 0 unspecified atom stereocenters. The number of rotatable bonds is 5. The zero-order valence-electron chi connectivity index (χ0n) is 8.93. The van der Waals surface area contributed by atoms with Crippen molar-refractivity contribution >= 4 is 21.4 Å². The Morgan fingerprint density at radius 3 is 2.29 bits per heavy atom. The van der Waals surface area contributed by atoms with Crippen LogP contribution in [0.5, 0.6) is 0 Å². The average Bonchev–Trinajstić information content (AvgIpc) is 1.95. The van der Waals surface area contributed by atoms with Gasteiger partial charge in [0.15, 0.2) is 9.84 Å². The highest BCUT2D eigenvalue weighted by Gasteiger charge is 2.27. The Morgan fingerprint density at radius 1 is 1.43 bits per heavy atom. The zero-order chi connectivity index (χ0) is 11.4. The Morgan fingerprint density at radius 2 is 1.93 bits per heavy atom. The van der Waals surface area contributed by atoms with Gasteiger partial charge in [0.05, 0.1) is 10.5 Å². The van der Waals surface area contributed by atoms with Gasteiger partial charge in [-0.1, -0.05) is 18.2 Å². The Labute approximate surface area is 91.4 Å². The molecule has 1 N–H and O–H groups in total. The van der Waals surface area contributed by atoms with Crippen LogP contribution in [0, 0.1) is 0 Å². The Bertz CT molecular complexity index is 290. The summed E-state index contributed by atoms with van der Waals surface area (Å²) in [5.41, 5.74) is 0. The van der Waals surface area contributed by atoms with Gasteiger partial charge in [0.25, 0.3) is 0 Å². The van der Waals surface area contributed by atoms with Gasteiger partial charge in [0, 0.05) is 18.1 Å². The van der Waals surface area contributed by atoms with Gasteiger partial charge in [0.1, 0.15) is 0 Å². The topological polar surface area (TPSA) is 46.2 Å². The molecule has 0 spiro atoms. The third kappa shape index (κ3) is 4.98. The molecule has 0 bridgehead atoms. The summed E-state index contributed by atoms with van der Waals surface area (Å²) >= 11 is 5.51. The summed E-state index contributed by atoms with van der Waals surface area (Å²) in [6.07, 6.45) is 0. The van der Waals surface area contributed by atoms with Crippen LogP contribution in [-0.2, 0) is 9.84 Å². The highest BCUT2D eigenvalue weighted by atomic mass is 35.5. The first kappa shape index (κ1) is 13.9. The summed E-state index contributed by atoms with van der Waals surface area (Å²) in [5.74, 6) is 0.126. The molecule has 0 aromatic carbocycles. The fraction of sp³-hybridized carbons (Fsp3) is 0.778. The normalized spacial score (nSPS) is 12.9. The van der Waals surface area contributed by atoms with Gasteiger partial charge in [-0.3, -0.25) is 0 Å². The molecule has 0 rings (SSSR count). The maximum atomic E-state index is 11.6. The fourth-order valence-electron chi connectivity index (χ4n) is 0.737. The lowest BCUT2D eigenvalue weighted by Crippen LogP contribution is -2.34. The number of nitrogens with one attached hydrogen (secondary N) is 1. The van der Waals surface area contributed by atoms with Crippen molar-refractivity contribution < 1.29 is 8.42 Å². The molecule has 0 amide bonds. The van der Waals surface area contributed by atoms with E-state index in [-0.39, 0.29) is 5.75 Å². The van der Waals surface area contributed by atoms with Crippen molar-refractivity contribution in [2.45, 2.75) is 25.5 Å². The average molecular weight is 240 g/mol. The molecule has 0 aromatic rings. The van der Waals surface area contributed by atoms with Crippen LogP contribution in [0.4, 0.5) is 0 Å². The van der Waals surface area contributed by atoms with Crippen LogP contribution in [0.3, 0.4) is 0 Å². The summed E-state index contributed by atoms with van der Waals surface area (Å²) in [5, 5.41) is 3.39. The smallest absolute Gasteiger partial charge is 0.156 e. The van der Waals surface area contributed by atoms with Crippen LogP contribution < -0.4 is 5.32 Å². The third-order valence-corrected chi connectivity index (χ3v) is 4.54. The van der Waals surface area contributed by atoms with E-state index < -0.39 is 14.6 Å². The maximum absolute atomic E-state index is 11.6. The van der Waals surface area contributed by atoms with Crippen molar-refractivity contribution in [3.8, 4) is 0 Å². The minimum Gasteiger partial charge on any atom is -0.311 e. The van der Waals surface area contributed by atoms with Crippen LogP contribution in [0.15, 0.2) is 11.6 Å². The van der Waals surface area contributed by atoms with Gasteiger partial charge in [0.2, 0.25) is 0 Å². The molecule has 0 aliphatic heterocycles. The molecule has 0 atom stereocenters. The van der Waals surface area contributed by atoms with Crippen LogP contribution in [0.1, 0.15) is 20.8 Å². The molecule has 5 heteroatoms. The molecule has 84 valence electrons. The molecule has 0 fully saturated rings. The van der Waals surface area contributed by atoms with Gasteiger partial charge >= 0.3 is 0 Å². The number of sulfone groups is 1. The van der Waals surface area contributed by atoms with E-state index in [0.29, 0.717) is 18.1 Å². The maximum Gasteiger partial charge on any atom is 0.156 e. The Kier molecular flexibility index (Phi) is 5.12. The monoisotopic (exact) mass is 239 g/mol. The largest absolute Gasteiger partial charge is 0.311 e. The highest BCUT2D eigenvalue weighted by molar-refractivity contribution is 7.92. The van der Waals surface area contributed by atoms with Crippen molar-refractivity contribution in [2.24, 2.45) is 0 Å². The van der Waals surface area contributed by atoms with E-state index in [4.69, 9.17) is 11.6 Å². The van der Waals surface area contributed by atoms with E-state index in [1.165, 1.54) is 0 Å². The predicted octanol–water partition coefficient (Wildman–Crippen LogP) is 1.54. The van der Waals surface area contributed by atoms with Crippen LogP contribution in [0.25, 0.3) is 0 Å². The van der Waals surface area contributed by atoms with E-state index in [1.807, 2.05) is 0 Å². The molecule has 0 saturated heterocycles. The summed E-state index contributed by atoms with van der Waals surface area (Å²) in [6.45, 7) is 9.44. The van der Waals surface area contributed by atoms with E-state index in [2.05, 4.69) is 11.9 Å². The molecule has 3 nitrogen and oxygen atoms in total. The third-order valence-electron chi connectivity index (χ3n) is 1.80. The van der Waals surface area contributed by atoms with Crippen molar-refractivity contribution in [1.82, 2.24) is 5.32 Å². The minimum absolute atomic E-state index is 0.126. The fourth-order valence-corrected chi connectivity index (χ4v) is 1.86. The van der Waals surface area contributed by atoms with Crippen molar-refractivity contribution in [1.29, 1.82) is 0 Å². The number of hydrogen-bond donors (Lipinski definition) is 1. The number of hydrogen-bond acceptors (Lipinski definition) is 3. The summed E-state index contributed by atoms with van der Waals surface area (Å²) < 4.78 is 22.5. The van der Waals surface area contributed by atoms with Gasteiger partial charge in [-0.15, -0.1) is 0 Å². The lowest BCUT2D eigenvalue weighted by atomic mass is 10.3. The van der Waals surface area contributed by atoms with Crippen molar-refractivity contribution in [3.63, 3.8) is 0 Å². The second-order valence-corrected chi connectivity index (χ2v) is 7.52. The zero-order valence-corrected chi connectivity index (χ0v) is 10.5. The van der Waals surface area contributed by atoms with Gasteiger partial charge in [-0.2, -0.15) is 0 Å². The second-order valence-electron chi connectivity index (χ2n) is 4.13. The first-order valence-electron chi connectivity index (χ1n) is 4.43. The lowest BCUT2D eigenvalue weighted by molar-refractivity contribution is 0.557. The lowest BCUT2D eigenvalue weighted by Gasteiger charge is -2.19. The second kappa shape index (κ2) is 5.14. The van der Waals surface area contributed by atoms with E-state index in [0.717, 1.165) is 0 Å². The Hall–Kier alpha value is -0.0600. The van der Waals surface area contributed by atoms with Gasteiger partial charge in [-0.05, 0) is 20.8 Å². The molecule has 0 aliphatic carbocycles. The first-order chi connectivity index (χ1) is 6.17. The molecule has 0 heterocycles. The van der Waals surface area contributed by atoms with Gasteiger partial charge in [-0.25, -0.2) is 8.42 Å². The predicted molar refractivity (Wildman–Crippen MR) is 61.4 cm³/mol. The van der Waals surface area contributed by atoms with Gasteiger partial charge < -0.3 is 5.32 Å². The molecule has 0 aliphatic rings. The molecule has 0 saturated carbocycles.